The normalized spacial score (nSPS) is 10.8. The van der Waals surface area contributed by atoms with E-state index in [1.165, 1.54) is 4.57 Å². The van der Waals surface area contributed by atoms with E-state index in [1.54, 1.807) is 31.4 Å². The third-order valence-electron chi connectivity index (χ3n) is 3.39. The predicted molar refractivity (Wildman–Crippen MR) is 79.7 cm³/mol. The van der Waals surface area contributed by atoms with Gasteiger partial charge in [0.2, 0.25) is 0 Å². The predicted octanol–water partition coefficient (Wildman–Crippen LogP) is 1.88. The van der Waals surface area contributed by atoms with Crippen molar-refractivity contribution in [1.29, 1.82) is 0 Å². The number of hydrogen-bond donors (Lipinski definition) is 1. The van der Waals surface area contributed by atoms with Gasteiger partial charge in [0.15, 0.2) is 0 Å². The number of halogens is 1. The first kappa shape index (κ1) is 15.0. The Balaban J connectivity index is 2.32. The summed E-state index contributed by atoms with van der Waals surface area (Å²) >= 11 is 0. The Morgan fingerprint density at radius 1 is 1.38 bits per heavy atom. The number of carbonyl (C=O) groups is 1. The van der Waals surface area contributed by atoms with Crippen molar-refractivity contribution in [3.63, 3.8) is 0 Å². The zero-order valence-electron chi connectivity index (χ0n) is 11.8. The van der Waals surface area contributed by atoms with Crippen molar-refractivity contribution in [2.75, 3.05) is 25.2 Å². The highest BCUT2D eigenvalue weighted by Gasteiger charge is 2.07. The van der Waals surface area contributed by atoms with Crippen LogP contribution in [0.25, 0.3) is 10.8 Å². The maximum atomic E-state index is 12.4. The fourth-order valence-electron chi connectivity index (χ4n) is 2.17. The van der Waals surface area contributed by atoms with E-state index < -0.39 is 12.6 Å². The van der Waals surface area contributed by atoms with Gasteiger partial charge in [0, 0.05) is 30.9 Å². The number of aryl methyl sites for hydroxylation is 1. The van der Waals surface area contributed by atoms with Gasteiger partial charge >= 0.3 is 5.97 Å². The van der Waals surface area contributed by atoms with Crippen molar-refractivity contribution >= 4 is 22.4 Å². The summed E-state index contributed by atoms with van der Waals surface area (Å²) in [6.07, 6.45) is 1.62. The quantitative estimate of drug-likeness (QED) is 0.883. The van der Waals surface area contributed by atoms with Crippen molar-refractivity contribution in [3.8, 4) is 0 Å². The molecule has 0 fully saturated rings. The minimum atomic E-state index is -0.850. The monoisotopic (exact) mass is 292 g/mol. The van der Waals surface area contributed by atoms with Gasteiger partial charge in [-0.25, -0.2) is 4.39 Å². The second-order valence-corrected chi connectivity index (χ2v) is 4.84. The minimum Gasteiger partial charge on any atom is -0.481 e. The van der Waals surface area contributed by atoms with E-state index in [9.17, 15) is 14.0 Å². The van der Waals surface area contributed by atoms with E-state index >= 15 is 0 Å². The lowest BCUT2D eigenvalue weighted by atomic mass is 10.1. The van der Waals surface area contributed by atoms with Crippen LogP contribution >= 0.6 is 0 Å². The summed E-state index contributed by atoms with van der Waals surface area (Å²) in [4.78, 5) is 24.5. The van der Waals surface area contributed by atoms with Gasteiger partial charge in [0.25, 0.3) is 5.56 Å². The van der Waals surface area contributed by atoms with Crippen LogP contribution in [0, 0.1) is 0 Å². The fourth-order valence-corrected chi connectivity index (χ4v) is 2.17. The fraction of sp³-hybridized carbons (Fsp3) is 0.333. The summed E-state index contributed by atoms with van der Waals surface area (Å²) < 4.78 is 13.7. The third kappa shape index (κ3) is 3.39. The molecule has 0 saturated heterocycles. The molecule has 1 aromatic heterocycles. The molecule has 5 nitrogen and oxygen atoms in total. The molecule has 21 heavy (non-hydrogen) atoms. The van der Waals surface area contributed by atoms with Crippen LogP contribution in [0.5, 0.6) is 0 Å². The summed E-state index contributed by atoms with van der Waals surface area (Å²) in [6, 6.07) is 7.06. The SMILES string of the molecule is CN(CCC(=O)O)c1ccc2c(=O)n(CCF)ccc2c1. The molecule has 0 unspecified atom stereocenters. The lowest BCUT2D eigenvalue weighted by Crippen LogP contribution is -2.22. The molecule has 112 valence electrons. The smallest absolute Gasteiger partial charge is 0.305 e. The molecule has 1 aromatic carbocycles. The number of pyridine rings is 1. The number of nitrogens with zero attached hydrogens (tertiary/aromatic N) is 2. The minimum absolute atomic E-state index is 0.0482. The number of fused-ring (bicyclic) bond motifs is 1. The first-order valence-electron chi connectivity index (χ1n) is 6.65. The van der Waals surface area contributed by atoms with Gasteiger partial charge in [-0.05, 0) is 29.7 Å². The Bertz CT molecular complexity index is 712. The number of carboxylic acid groups (broad SMARTS) is 1. The van der Waals surface area contributed by atoms with Crippen LogP contribution in [0.4, 0.5) is 10.1 Å². The molecule has 2 aromatic rings. The maximum Gasteiger partial charge on any atom is 0.305 e. The topological polar surface area (TPSA) is 62.5 Å². The van der Waals surface area contributed by atoms with Crippen LogP contribution in [0.15, 0.2) is 35.3 Å². The summed E-state index contributed by atoms with van der Waals surface area (Å²) in [5.74, 6) is -0.850. The van der Waals surface area contributed by atoms with Crippen LogP contribution in [-0.2, 0) is 11.3 Å². The standard InChI is InChI=1S/C15H17FN2O3/c1-17(7-5-14(19)20)12-2-3-13-11(10-12)4-8-18(9-6-16)15(13)21/h2-4,8,10H,5-7,9H2,1H3,(H,19,20). The number of aliphatic carboxylic acids is 1. The number of anilines is 1. The molecule has 0 amide bonds. The summed E-state index contributed by atoms with van der Waals surface area (Å²) in [5.41, 5.74) is 0.622. The first-order valence-corrected chi connectivity index (χ1v) is 6.65. The molecule has 2 rings (SSSR count). The van der Waals surface area contributed by atoms with Crippen LogP contribution in [-0.4, -0.2) is 35.9 Å². The lowest BCUT2D eigenvalue weighted by molar-refractivity contribution is -0.136. The second-order valence-electron chi connectivity index (χ2n) is 4.84. The van der Waals surface area contributed by atoms with Crippen molar-refractivity contribution < 1.29 is 14.3 Å². The lowest BCUT2D eigenvalue weighted by Gasteiger charge is -2.18. The van der Waals surface area contributed by atoms with Crippen LogP contribution in [0.2, 0.25) is 0 Å². The molecular weight excluding hydrogens is 275 g/mol. The van der Waals surface area contributed by atoms with E-state index in [4.69, 9.17) is 5.11 Å². The Kier molecular flexibility index (Phi) is 4.57. The van der Waals surface area contributed by atoms with Gasteiger partial charge in [-0.15, -0.1) is 0 Å². The first-order chi connectivity index (χ1) is 10.0. The third-order valence-corrected chi connectivity index (χ3v) is 3.39. The highest BCUT2D eigenvalue weighted by molar-refractivity contribution is 5.85. The van der Waals surface area contributed by atoms with Gasteiger partial charge < -0.3 is 14.6 Å². The van der Waals surface area contributed by atoms with Crippen molar-refractivity contribution in [3.05, 3.63) is 40.8 Å². The van der Waals surface area contributed by atoms with E-state index in [-0.39, 0.29) is 18.5 Å². The van der Waals surface area contributed by atoms with Gasteiger partial charge in [0.1, 0.15) is 6.67 Å². The van der Waals surface area contributed by atoms with Gasteiger partial charge in [-0.3, -0.25) is 9.59 Å². The van der Waals surface area contributed by atoms with E-state index in [2.05, 4.69) is 0 Å². The molecule has 6 heteroatoms. The number of rotatable bonds is 6. The van der Waals surface area contributed by atoms with Crippen molar-refractivity contribution in [1.82, 2.24) is 4.57 Å². The molecule has 0 atom stereocenters. The highest BCUT2D eigenvalue weighted by atomic mass is 19.1. The summed E-state index contributed by atoms with van der Waals surface area (Å²) in [7, 11) is 1.80. The molecule has 0 aliphatic carbocycles. The van der Waals surface area contributed by atoms with E-state index in [0.717, 1.165) is 11.1 Å². The second kappa shape index (κ2) is 6.39. The average Bonchev–Trinajstić information content (AvgIpc) is 2.47. The largest absolute Gasteiger partial charge is 0.481 e. The Labute approximate surface area is 121 Å². The molecule has 0 radical (unpaired) electrons. The number of aromatic nitrogens is 1. The number of benzene rings is 1. The summed E-state index contributed by atoms with van der Waals surface area (Å²) in [5, 5.41) is 9.99. The average molecular weight is 292 g/mol. The zero-order valence-corrected chi connectivity index (χ0v) is 11.8. The number of carboxylic acids is 1. The molecule has 0 aliphatic rings. The molecule has 0 bridgehead atoms. The molecule has 0 aliphatic heterocycles. The van der Waals surface area contributed by atoms with Gasteiger partial charge in [-0.2, -0.15) is 0 Å². The molecular formula is C15H17FN2O3. The summed E-state index contributed by atoms with van der Waals surface area (Å²) in [6.45, 7) is -0.143. The Hall–Kier alpha value is -2.37. The Morgan fingerprint density at radius 3 is 2.81 bits per heavy atom. The molecule has 0 spiro atoms. The van der Waals surface area contributed by atoms with Crippen molar-refractivity contribution in [2.24, 2.45) is 0 Å². The van der Waals surface area contributed by atoms with Gasteiger partial charge in [-0.1, -0.05) is 0 Å². The van der Waals surface area contributed by atoms with Crippen LogP contribution in [0.3, 0.4) is 0 Å². The van der Waals surface area contributed by atoms with Crippen LogP contribution in [0.1, 0.15) is 6.42 Å². The Morgan fingerprint density at radius 2 is 2.14 bits per heavy atom. The zero-order chi connectivity index (χ0) is 15.4. The molecule has 0 saturated carbocycles. The van der Waals surface area contributed by atoms with Gasteiger partial charge in [0.05, 0.1) is 13.0 Å². The van der Waals surface area contributed by atoms with E-state index in [0.29, 0.717) is 11.9 Å². The van der Waals surface area contributed by atoms with Crippen LogP contribution < -0.4 is 10.5 Å². The maximum absolute atomic E-state index is 12.4. The number of alkyl halides is 1. The van der Waals surface area contributed by atoms with E-state index in [1.807, 2.05) is 11.0 Å². The molecule has 1 N–H and O–H groups in total. The number of hydrogen-bond acceptors (Lipinski definition) is 3. The molecule has 1 heterocycles. The highest BCUT2D eigenvalue weighted by Crippen LogP contribution is 2.19. The van der Waals surface area contributed by atoms with Crippen molar-refractivity contribution in [2.45, 2.75) is 13.0 Å².